The number of nitrogens with zero attached hydrogens (tertiary/aromatic N) is 1. The van der Waals surface area contributed by atoms with E-state index in [0.717, 1.165) is 5.56 Å². The summed E-state index contributed by atoms with van der Waals surface area (Å²) in [6, 6.07) is 6.08. The summed E-state index contributed by atoms with van der Waals surface area (Å²) in [4.78, 5) is 26.2. The number of Topliss-reactive ketones (excluding diaryl/α,β-unsaturated/α-hetero) is 1. The van der Waals surface area contributed by atoms with E-state index in [0.29, 0.717) is 0 Å². The van der Waals surface area contributed by atoms with Gasteiger partial charge in [-0.2, -0.15) is 0 Å². The van der Waals surface area contributed by atoms with Crippen LogP contribution in [0, 0.1) is 0 Å². The molecule has 5 heteroatoms. The molecule has 0 amide bonds. The zero-order valence-electron chi connectivity index (χ0n) is 8.79. The van der Waals surface area contributed by atoms with Gasteiger partial charge < -0.3 is 9.52 Å². The fourth-order valence-corrected chi connectivity index (χ4v) is 1.38. The Morgan fingerprint density at radius 2 is 1.76 bits per heavy atom. The molecule has 0 spiro atoms. The van der Waals surface area contributed by atoms with Crippen LogP contribution in [0.1, 0.15) is 26.7 Å². The zero-order valence-corrected chi connectivity index (χ0v) is 8.79. The second-order valence-corrected chi connectivity index (χ2v) is 3.42. The molecule has 2 heterocycles. The summed E-state index contributed by atoms with van der Waals surface area (Å²) in [7, 11) is 0. The van der Waals surface area contributed by atoms with Crippen molar-refractivity contribution < 1.29 is 19.1 Å². The second kappa shape index (κ2) is 4.61. The number of carboxylic acid groups (broad SMARTS) is 1. The average molecular weight is 231 g/mol. The Morgan fingerprint density at radius 3 is 2.35 bits per heavy atom. The van der Waals surface area contributed by atoms with E-state index in [-0.39, 0.29) is 23.7 Å². The number of aromatic carboxylic acids is 1. The first kappa shape index (κ1) is 11.1. The number of furan rings is 1. The Balaban J connectivity index is 2.12. The van der Waals surface area contributed by atoms with E-state index < -0.39 is 5.97 Å². The van der Waals surface area contributed by atoms with Crippen molar-refractivity contribution in [2.45, 2.75) is 6.42 Å². The van der Waals surface area contributed by atoms with E-state index in [1.807, 2.05) is 0 Å². The van der Waals surface area contributed by atoms with Gasteiger partial charge in [0.2, 0.25) is 11.5 Å². The molecule has 2 aromatic heterocycles. The van der Waals surface area contributed by atoms with E-state index in [1.54, 1.807) is 24.5 Å². The minimum absolute atomic E-state index is 0.0548. The molecule has 0 saturated carbocycles. The van der Waals surface area contributed by atoms with Crippen molar-refractivity contribution in [3.05, 3.63) is 53.7 Å². The smallest absolute Gasteiger partial charge is 0.371 e. The van der Waals surface area contributed by atoms with Crippen LogP contribution in [0.3, 0.4) is 0 Å². The van der Waals surface area contributed by atoms with E-state index >= 15 is 0 Å². The Bertz CT molecular complexity index is 545. The number of carboxylic acids is 1. The van der Waals surface area contributed by atoms with Crippen LogP contribution in [0.4, 0.5) is 0 Å². The summed E-state index contributed by atoms with van der Waals surface area (Å²) < 4.78 is 4.91. The monoisotopic (exact) mass is 231 g/mol. The zero-order chi connectivity index (χ0) is 12.3. The fraction of sp³-hybridized carbons (Fsp3) is 0.0833. The molecule has 0 unspecified atom stereocenters. The van der Waals surface area contributed by atoms with Gasteiger partial charge in [0.05, 0.1) is 0 Å². The SMILES string of the molecule is O=C(O)c1ccc(C(=O)Cc2ccncc2)o1. The predicted molar refractivity (Wildman–Crippen MR) is 57.9 cm³/mol. The van der Waals surface area contributed by atoms with Crippen LogP contribution in [0.15, 0.2) is 41.1 Å². The molecule has 0 aliphatic rings. The quantitative estimate of drug-likeness (QED) is 0.811. The maximum Gasteiger partial charge on any atom is 0.371 e. The van der Waals surface area contributed by atoms with Gasteiger partial charge in [-0.05, 0) is 29.8 Å². The molecule has 0 radical (unpaired) electrons. The number of ketones is 1. The molecule has 0 aromatic carbocycles. The van der Waals surface area contributed by atoms with Crippen molar-refractivity contribution in [1.82, 2.24) is 4.98 Å². The van der Waals surface area contributed by atoms with Gasteiger partial charge >= 0.3 is 5.97 Å². The largest absolute Gasteiger partial charge is 0.475 e. The third kappa shape index (κ3) is 2.57. The first-order chi connectivity index (χ1) is 8.16. The Morgan fingerprint density at radius 1 is 1.12 bits per heavy atom. The van der Waals surface area contributed by atoms with Gasteiger partial charge in [0.15, 0.2) is 5.76 Å². The summed E-state index contributed by atoms with van der Waals surface area (Å²) >= 11 is 0. The van der Waals surface area contributed by atoms with Crippen molar-refractivity contribution in [3.63, 3.8) is 0 Å². The normalized spacial score (nSPS) is 10.1. The molecule has 0 atom stereocenters. The summed E-state index contributed by atoms with van der Waals surface area (Å²) in [5.74, 6) is -1.63. The van der Waals surface area contributed by atoms with Crippen molar-refractivity contribution in [2.75, 3.05) is 0 Å². The molecule has 0 saturated heterocycles. The number of pyridine rings is 1. The number of rotatable bonds is 4. The lowest BCUT2D eigenvalue weighted by atomic mass is 10.1. The maximum atomic E-state index is 11.7. The number of aromatic nitrogens is 1. The predicted octanol–water partition coefficient (Wildman–Crippen LogP) is 1.80. The standard InChI is InChI=1S/C12H9NO4/c14-9(7-8-3-5-13-6-4-8)10-1-2-11(17-10)12(15)16/h1-6H,7H2,(H,15,16). The van der Waals surface area contributed by atoms with Gasteiger partial charge in [0.25, 0.3) is 0 Å². The van der Waals surface area contributed by atoms with E-state index in [2.05, 4.69) is 4.98 Å². The van der Waals surface area contributed by atoms with Gasteiger partial charge in [-0.15, -0.1) is 0 Å². The van der Waals surface area contributed by atoms with Crippen molar-refractivity contribution in [2.24, 2.45) is 0 Å². The summed E-state index contributed by atoms with van der Waals surface area (Å²) in [6.45, 7) is 0. The fourth-order valence-electron chi connectivity index (χ4n) is 1.38. The Kier molecular flexibility index (Phi) is 3.00. The van der Waals surface area contributed by atoms with E-state index in [4.69, 9.17) is 9.52 Å². The minimum Gasteiger partial charge on any atom is -0.475 e. The van der Waals surface area contributed by atoms with E-state index in [1.165, 1.54) is 12.1 Å². The highest BCUT2D eigenvalue weighted by Gasteiger charge is 2.14. The molecule has 0 bridgehead atoms. The lowest BCUT2D eigenvalue weighted by Crippen LogP contribution is -2.02. The molecule has 2 rings (SSSR count). The first-order valence-electron chi connectivity index (χ1n) is 4.92. The van der Waals surface area contributed by atoms with Crippen LogP contribution in [0.5, 0.6) is 0 Å². The molecule has 1 N–H and O–H groups in total. The molecule has 0 aliphatic carbocycles. The summed E-state index contributed by atoms with van der Waals surface area (Å²) in [5, 5.41) is 8.66. The Labute approximate surface area is 96.7 Å². The number of carbonyl (C=O) groups is 2. The number of hydrogen-bond acceptors (Lipinski definition) is 4. The molecular weight excluding hydrogens is 222 g/mol. The average Bonchev–Trinajstić information content (AvgIpc) is 2.79. The van der Waals surface area contributed by atoms with Crippen LogP contribution in [-0.2, 0) is 6.42 Å². The summed E-state index contributed by atoms with van der Waals surface area (Å²) in [6.07, 6.45) is 3.34. The van der Waals surface area contributed by atoms with Crippen molar-refractivity contribution >= 4 is 11.8 Å². The minimum atomic E-state index is -1.19. The van der Waals surface area contributed by atoms with Crippen molar-refractivity contribution in [3.8, 4) is 0 Å². The van der Waals surface area contributed by atoms with Crippen LogP contribution < -0.4 is 0 Å². The topological polar surface area (TPSA) is 80.4 Å². The number of carbonyl (C=O) groups excluding carboxylic acids is 1. The van der Waals surface area contributed by atoms with Gasteiger partial charge in [-0.25, -0.2) is 4.79 Å². The lowest BCUT2D eigenvalue weighted by Gasteiger charge is -1.97. The second-order valence-electron chi connectivity index (χ2n) is 3.42. The van der Waals surface area contributed by atoms with Gasteiger partial charge in [0.1, 0.15) is 0 Å². The third-order valence-electron chi connectivity index (χ3n) is 2.21. The highest BCUT2D eigenvalue weighted by molar-refractivity contribution is 5.96. The van der Waals surface area contributed by atoms with Gasteiger partial charge in [-0.3, -0.25) is 9.78 Å². The van der Waals surface area contributed by atoms with Gasteiger partial charge in [-0.1, -0.05) is 0 Å². The first-order valence-corrected chi connectivity index (χ1v) is 4.92. The van der Waals surface area contributed by atoms with Crippen LogP contribution >= 0.6 is 0 Å². The van der Waals surface area contributed by atoms with Crippen molar-refractivity contribution in [1.29, 1.82) is 0 Å². The van der Waals surface area contributed by atoms with E-state index in [9.17, 15) is 9.59 Å². The maximum absolute atomic E-state index is 11.7. The molecule has 2 aromatic rings. The lowest BCUT2D eigenvalue weighted by molar-refractivity contribution is 0.0660. The van der Waals surface area contributed by atoms with Crippen LogP contribution in [0.25, 0.3) is 0 Å². The molecule has 17 heavy (non-hydrogen) atoms. The molecule has 86 valence electrons. The Hall–Kier alpha value is -2.43. The molecular formula is C12H9NO4. The summed E-state index contributed by atoms with van der Waals surface area (Å²) in [5.41, 5.74) is 0.804. The molecule has 0 fully saturated rings. The highest BCUT2D eigenvalue weighted by Crippen LogP contribution is 2.11. The molecule has 5 nitrogen and oxygen atoms in total. The van der Waals surface area contributed by atoms with Crippen LogP contribution in [0.2, 0.25) is 0 Å². The highest BCUT2D eigenvalue weighted by atomic mass is 16.4. The number of hydrogen-bond donors (Lipinski definition) is 1. The van der Waals surface area contributed by atoms with Gasteiger partial charge in [0, 0.05) is 18.8 Å². The molecule has 0 aliphatic heterocycles. The van der Waals surface area contributed by atoms with Crippen LogP contribution in [-0.4, -0.2) is 21.8 Å². The third-order valence-corrected chi connectivity index (χ3v) is 2.21.